The summed E-state index contributed by atoms with van der Waals surface area (Å²) in [6.45, 7) is 5.79. The molecule has 31 heavy (non-hydrogen) atoms. The number of ether oxygens (including phenoxy) is 4. The summed E-state index contributed by atoms with van der Waals surface area (Å²) in [5.74, 6) is -1.97. The Bertz CT molecular complexity index is 526. The van der Waals surface area contributed by atoms with Crippen molar-refractivity contribution < 1.29 is 34.0 Å². The quantitative estimate of drug-likeness (QED) is 0.270. The van der Waals surface area contributed by atoms with E-state index in [0.717, 1.165) is 58.0 Å². The fourth-order valence-electron chi connectivity index (χ4n) is 4.44. The Morgan fingerprint density at radius 1 is 0.903 bits per heavy atom. The summed E-state index contributed by atoms with van der Waals surface area (Å²) in [6, 6.07) is 0. The average molecular weight is 443 g/mol. The molecular weight excluding hydrogens is 400 g/mol. The molecule has 0 bridgehead atoms. The number of hydrogen-bond acceptors (Lipinski definition) is 7. The van der Waals surface area contributed by atoms with E-state index in [9.17, 15) is 4.79 Å². The van der Waals surface area contributed by atoms with Crippen LogP contribution >= 0.6 is 0 Å². The molecule has 180 valence electrons. The van der Waals surface area contributed by atoms with Gasteiger partial charge in [0.05, 0.1) is 7.11 Å². The third-order valence-corrected chi connectivity index (χ3v) is 6.22. The predicted molar refractivity (Wildman–Crippen MR) is 117 cm³/mol. The van der Waals surface area contributed by atoms with Crippen molar-refractivity contribution >= 4 is 5.97 Å². The summed E-state index contributed by atoms with van der Waals surface area (Å²) in [6.07, 6.45) is 15.0. The number of carbonyl (C=O) groups is 1. The Morgan fingerprint density at radius 3 is 1.90 bits per heavy atom. The van der Waals surface area contributed by atoms with Gasteiger partial charge < -0.3 is 29.2 Å². The van der Waals surface area contributed by atoms with Gasteiger partial charge in [0.2, 0.25) is 0 Å². The second kappa shape index (κ2) is 12.9. The van der Waals surface area contributed by atoms with Crippen LogP contribution in [0.2, 0.25) is 0 Å². The van der Waals surface area contributed by atoms with Crippen molar-refractivity contribution in [2.75, 3.05) is 13.7 Å². The van der Waals surface area contributed by atoms with Gasteiger partial charge in [-0.2, -0.15) is 0 Å². The van der Waals surface area contributed by atoms with Gasteiger partial charge in [0, 0.05) is 37.9 Å². The lowest BCUT2D eigenvalue weighted by molar-refractivity contribution is -0.215. The minimum atomic E-state index is -1.34. The Balaban J connectivity index is 0.000000184. The molecule has 1 spiro atoms. The highest BCUT2D eigenvalue weighted by Gasteiger charge is 2.48. The third kappa shape index (κ3) is 9.18. The monoisotopic (exact) mass is 442 g/mol. The van der Waals surface area contributed by atoms with E-state index in [4.69, 9.17) is 24.4 Å². The lowest BCUT2D eigenvalue weighted by Crippen LogP contribution is -2.31. The molecule has 2 saturated heterocycles. The van der Waals surface area contributed by atoms with Crippen LogP contribution < -0.4 is 0 Å². The van der Waals surface area contributed by atoms with E-state index in [1.165, 1.54) is 32.8 Å². The lowest BCUT2D eigenvalue weighted by Gasteiger charge is -2.25. The molecule has 2 saturated carbocycles. The number of rotatable bonds is 1. The second-order valence-corrected chi connectivity index (χ2v) is 9.15. The Morgan fingerprint density at radius 2 is 1.45 bits per heavy atom. The zero-order valence-electron chi connectivity index (χ0n) is 19.4. The zero-order valence-corrected chi connectivity index (χ0v) is 19.4. The van der Waals surface area contributed by atoms with Crippen molar-refractivity contribution in [2.24, 2.45) is 0 Å². The molecule has 2 unspecified atom stereocenters. The van der Waals surface area contributed by atoms with Crippen molar-refractivity contribution in [1.82, 2.24) is 0 Å². The van der Waals surface area contributed by atoms with Crippen molar-refractivity contribution in [3.63, 3.8) is 0 Å². The van der Waals surface area contributed by atoms with Gasteiger partial charge in [-0.05, 0) is 45.4 Å². The summed E-state index contributed by atoms with van der Waals surface area (Å²) in [4.78, 5) is 10.2. The molecule has 0 aromatic heterocycles. The van der Waals surface area contributed by atoms with Gasteiger partial charge in [-0.1, -0.05) is 32.3 Å². The summed E-state index contributed by atoms with van der Waals surface area (Å²) in [7, 11) is 1.33. The molecule has 0 amide bonds. The van der Waals surface area contributed by atoms with Gasteiger partial charge >= 0.3 is 5.97 Å². The number of methoxy groups -OCH3 is 1. The van der Waals surface area contributed by atoms with Crippen LogP contribution in [-0.4, -0.2) is 53.9 Å². The smallest absolute Gasteiger partial charge is 0.332 e. The number of esters is 1. The highest BCUT2D eigenvalue weighted by Crippen LogP contribution is 2.42. The van der Waals surface area contributed by atoms with Crippen LogP contribution in [0.25, 0.3) is 0 Å². The normalized spacial score (nSPS) is 29.0. The summed E-state index contributed by atoms with van der Waals surface area (Å²) in [5.41, 5.74) is 0.433. The predicted octanol–water partition coefficient (Wildman–Crippen LogP) is 4.35. The highest BCUT2D eigenvalue weighted by atomic mass is 16.8. The molecule has 2 atom stereocenters. The van der Waals surface area contributed by atoms with Gasteiger partial charge in [0.1, 0.15) is 6.10 Å². The first-order valence-electron chi connectivity index (χ1n) is 11.9. The minimum absolute atomic E-state index is 0.0724. The van der Waals surface area contributed by atoms with Gasteiger partial charge in [0.15, 0.2) is 17.9 Å². The highest BCUT2D eigenvalue weighted by molar-refractivity contribution is 5.86. The number of fused-ring (bicyclic) bond motifs is 1. The summed E-state index contributed by atoms with van der Waals surface area (Å²) < 4.78 is 22.1. The van der Waals surface area contributed by atoms with Gasteiger partial charge in [-0.15, -0.1) is 0 Å². The molecular formula is C24H42O7. The number of carbonyl (C=O) groups excluding carboxylic acids is 1. The van der Waals surface area contributed by atoms with E-state index in [1.807, 2.05) is 0 Å². The van der Waals surface area contributed by atoms with Crippen LogP contribution in [0.5, 0.6) is 0 Å². The van der Waals surface area contributed by atoms with E-state index >= 15 is 0 Å². The lowest BCUT2D eigenvalue weighted by atomic mass is 10.1. The molecule has 4 aliphatic rings. The first kappa shape index (κ1) is 26.3. The zero-order chi connectivity index (χ0) is 22.7. The van der Waals surface area contributed by atoms with Crippen LogP contribution in [0.3, 0.4) is 0 Å². The second-order valence-electron chi connectivity index (χ2n) is 9.15. The van der Waals surface area contributed by atoms with Gasteiger partial charge in [-0.25, -0.2) is 4.79 Å². The fraction of sp³-hybridized carbons (Fsp3) is 0.875. The van der Waals surface area contributed by atoms with E-state index < -0.39 is 5.79 Å². The van der Waals surface area contributed by atoms with E-state index in [-0.39, 0.29) is 24.2 Å². The first-order valence-corrected chi connectivity index (χ1v) is 11.9. The topological polar surface area (TPSA) is 94.5 Å². The van der Waals surface area contributed by atoms with Crippen molar-refractivity contribution in [3.05, 3.63) is 12.2 Å². The first-order chi connectivity index (χ1) is 14.8. The molecule has 4 rings (SSSR count). The molecule has 2 aliphatic carbocycles. The van der Waals surface area contributed by atoms with E-state index in [0.29, 0.717) is 18.4 Å². The Hall–Kier alpha value is -0.990. The van der Waals surface area contributed by atoms with E-state index in [2.05, 4.69) is 11.3 Å². The summed E-state index contributed by atoms with van der Waals surface area (Å²) in [5, 5.41) is 18.2. The van der Waals surface area contributed by atoms with Gasteiger partial charge in [-0.3, -0.25) is 0 Å². The third-order valence-electron chi connectivity index (χ3n) is 6.22. The molecule has 2 heterocycles. The number of hydrogen-bond donors (Lipinski definition) is 2. The molecule has 2 N–H and O–H groups in total. The molecule has 2 aliphatic heterocycles. The van der Waals surface area contributed by atoms with E-state index in [1.54, 1.807) is 6.92 Å². The maximum atomic E-state index is 10.2. The molecule has 0 aromatic carbocycles. The van der Waals surface area contributed by atoms with Crippen molar-refractivity contribution in [1.29, 1.82) is 0 Å². The molecule has 0 radical (unpaired) electrons. The fourth-order valence-corrected chi connectivity index (χ4v) is 4.44. The van der Waals surface area contributed by atoms with Crippen LogP contribution in [0.15, 0.2) is 12.2 Å². The number of aliphatic hydroxyl groups is 2. The summed E-state index contributed by atoms with van der Waals surface area (Å²) >= 11 is 0. The Kier molecular flexibility index (Phi) is 10.9. The molecule has 7 heteroatoms. The molecule has 0 aromatic rings. The Labute approximate surface area is 187 Å². The molecule has 7 nitrogen and oxygen atoms in total. The maximum Gasteiger partial charge on any atom is 0.332 e. The minimum Gasteiger partial charge on any atom is -0.466 e. The standard InChI is InChI=1S/C12H20O3.C7H14O2.C5H8O2/c1-2-4-8-12(7-3-1)14-10-6-5-9-13-11(10)15-12;8-7(9)5-3-1-2-4-6-7;1-4(2)5(6)7-3/h10-11H,1-9H2;8-9H,1-6H2;1H2,2-3H3. The van der Waals surface area contributed by atoms with Gasteiger partial charge in [0.25, 0.3) is 0 Å². The largest absolute Gasteiger partial charge is 0.466 e. The average Bonchev–Trinajstić information content (AvgIpc) is 2.85. The van der Waals surface area contributed by atoms with Crippen LogP contribution in [0, 0.1) is 0 Å². The van der Waals surface area contributed by atoms with Crippen LogP contribution in [-0.2, 0) is 23.7 Å². The SMILES string of the molecule is C1CCCC2(CC1)OC1CCCOC1O2.C=C(C)C(=O)OC.OC1(O)CCCCCC1. The van der Waals surface area contributed by atoms with Crippen molar-refractivity contribution in [2.45, 2.75) is 121 Å². The van der Waals surface area contributed by atoms with Crippen LogP contribution in [0.1, 0.15) is 96.8 Å². The molecule has 4 fully saturated rings. The van der Waals surface area contributed by atoms with Crippen molar-refractivity contribution in [3.8, 4) is 0 Å². The maximum absolute atomic E-state index is 10.2. The van der Waals surface area contributed by atoms with Crippen LogP contribution in [0.4, 0.5) is 0 Å².